The number of likely N-dealkylation sites (N-methyl/N-ethyl adjacent to an activating group) is 2. The molecule has 0 bridgehead atoms. The maximum atomic E-state index is 13.2. The van der Waals surface area contributed by atoms with Gasteiger partial charge in [-0.05, 0) is 70.8 Å². The molecule has 0 fully saturated rings. The number of carbonyl (C=O) groups excluding carboxylic acids is 2. The summed E-state index contributed by atoms with van der Waals surface area (Å²) in [6.45, 7) is 10.9. The molecule has 0 aliphatic rings. The van der Waals surface area contributed by atoms with Crippen molar-refractivity contribution in [1.29, 1.82) is 0 Å². The smallest absolute Gasteiger partial charge is 0.355 e. The van der Waals surface area contributed by atoms with E-state index in [4.69, 9.17) is 9.72 Å². The van der Waals surface area contributed by atoms with Crippen LogP contribution in [-0.2, 0) is 16.6 Å². The third kappa shape index (κ3) is 6.60. The SMILES string of the molecule is C=CC(=O)Nc1cc(Nc2nccc(-c3c(C(=O)OC(C)C)n(C)c4ccccc34)n2)c(C)cc1N(C)CCN(C)C. The first-order valence-corrected chi connectivity index (χ1v) is 13.8. The van der Waals surface area contributed by atoms with E-state index in [1.165, 1.54) is 6.08 Å². The molecular weight excluding hydrogens is 530 g/mol. The number of anilines is 4. The number of aromatic nitrogens is 3. The first-order chi connectivity index (χ1) is 20.0. The van der Waals surface area contributed by atoms with E-state index < -0.39 is 5.97 Å². The van der Waals surface area contributed by atoms with Crippen molar-refractivity contribution in [3.8, 4) is 11.3 Å². The van der Waals surface area contributed by atoms with Crippen molar-refractivity contribution in [3.05, 3.63) is 72.6 Å². The van der Waals surface area contributed by atoms with E-state index in [0.29, 0.717) is 28.6 Å². The Kier molecular flexibility index (Phi) is 9.27. The quantitative estimate of drug-likeness (QED) is 0.183. The number of hydrogen-bond donors (Lipinski definition) is 2. The highest BCUT2D eigenvalue weighted by molar-refractivity contribution is 6.08. The van der Waals surface area contributed by atoms with Gasteiger partial charge in [0, 0.05) is 55.5 Å². The summed E-state index contributed by atoms with van der Waals surface area (Å²) in [4.78, 5) is 39.0. The monoisotopic (exact) mass is 569 g/mol. The Bertz CT molecular complexity index is 1620. The average molecular weight is 570 g/mol. The van der Waals surface area contributed by atoms with Crippen LogP contribution >= 0.6 is 0 Å². The highest BCUT2D eigenvalue weighted by Gasteiger charge is 2.25. The van der Waals surface area contributed by atoms with Crippen LogP contribution in [0.2, 0.25) is 0 Å². The van der Waals surface area contributed by atoms with Gasteiger partial charge in [-0.2, -0.15) is 0 Å². The number of para-hydroxylation sites is 1. The largest absolute Gasteiger partial charge is 0.458 e. The Morgan fingerprint density at radius 1 is 1.10 bits per heavy atom. The Morgan fingerprint density at radius 3 is 2.52 bits per heavy atom. The number of benzene rings is 2. The molecule has 2 heterocycles. The molecule has 0 aliphatic carbocycles. The van der Waals surface area contributed by atoms with Gasteiger partial charge in [0.25, 0.3) is 0 Å². The molecule has 4 aromatic rings. The van der Waals surface area contributed by atoms with Crippen LogP contribution in [0, 0.1) is 6.92 Å². The van der Waals surface area contributed by atoms with Gasteiger partial charge in [-0.25, -0.2) is 14.8 Å². The topological polar surface area (TPSA) is 105 Å². The lowest BCUT2D eigenvalue weighted by atomic mass is 10.1. The molecule has 0 spiro atoms. The number of aryl methyl sites for hydroxylation is 2. The lowest BCUT2D eigenvalue weighted by molar-refractivity contribution is -0.111. The summed E-state index contributed by atoms with van der Waals surface area (Å²) in [7, 11) is 7.89. The van der Waals surface area contributed by atoms with Crippen molar-refractivity contribution in [2.45, 2.75) is 26.9 Å². The first kappa shape index (κ1) is 30.3. The van der Waals surface area contributed by atoms with E-state index >= 15 is 0 Å². The van der Waals surface area contributed by atoms with E-state index in [2.05, 4.69) is 32.0 Å². The van der Waals surface area contributed by atoms with Crippen LogP contribution in [0.4, 0.5) is 23.0 Å². The third-order valence-corrected chi connectivity index (χ3v) is 6.88. The summed E-state index contributed by atoms with van der Waals surface area (Å²) < 4.78 is 7.44. The predicted octanol–water partition coefficient (Wildman–Crippen LogP) is 5.37. The van der Waals surface area contributed by atoms with Crippen LogP contribution in [-0.4, -0.2) is 71.6 Å². The second-order valence-corrected chi connectivity index (χ2v) is 10.7. The summed E-state index contributed by atoms with van der Waals surface area (Å²) in [6.07, 6.45) is 2.63. The van der Waals surface area contributed by atoms with Gasteiger partial charge in [-0.1, -0.05) is 24.8 Å². The molecule has 0 saturated heterocycles. The number of hydrogen-bond acceptors (Lipinski definition) is 8. The van der Waals surface area contributed by atoms with Crippen molar-refractivity contribution >= 4 is 45.8 Å². The van der Waals surface area contributed by atoms with E-state index in [1.54, 1.807) is 12.3 Å². The maximum Gasteiger partial charge on any atom is 0.355 e. The van der Waals surface area contributed by atoms with Gasteiger partial charge < -0.3 is 29.7 Å². The molecule has 220 valence electrons. The molecule has 0 saturated carbocycles. The Labute approximate surface area is 247 Å². The third-order valence-electron chi connectivity index (χ3n) is 6.88. The van der Waals surface area contributed by atoms with Crippen molar-refractivity contribution in [2.75, 3.05) is 49.8 Å². The normalized spacial score (nSPS) is 11.2. The van der Waals surface area contributed by atoms with Crippen LogP contribution in [0.3, 0.4) is 0 Å². The van der Waals surface area contributed by atoms with Gasteiger partial charge in [0.1, 0.15) is 5.69 Å². The summed E-state index contributed by atoms with van der Waals surface area (Å²) >= 11 is 0. The van der Waals surface area contributed by atoms with E-state index in [9.17, 15) is 9.59 Å². The molecule has 10 heteroatoms. The molecule has 0 radical (unpaired) electrons. The number of carbonyl (C=O) groups is 2. The average Bonchev–Trinajstić information content (AvgIpc) is 3.25. The van der Waals surface area contributed by atoms with Gasteiger partial charge in [-0.3, -0.25) is 4.79 Å². The fraction of sp³-hybridized carbons (Fsp3) is 0.312. The minimum Gasteiger partial charge on any atom is -0.458 e. The zero-order chi connectivity index (χ0) is 30.6. The molecule has 2 aromatic heterocycles. The minimum atomic E-state index is -0.417. The molecule has 10 nitrogen and oxygen atoms in total. The highest BCUT2D eigenvalue weighted by atomic mass is 16.5. The minimum absolute atomic E-state index is 0.269. The number of ether oxygens (including phenoxy) is 1. The Hall–Kier alpha value is -4.70. The standard InChI is InChI=1S/C32H39N7O3/c1-9-28(40)34-25-19-24(21(4)18-27(25)38(7)17-16-37(5)6)36-32-33-15-14-23(35-32)29-22-12-10-11-13-26(22)39(8)30(29)31(41)42-20(2)3/h9-15,18-20H,1,16-17H2,2-8H3,(H,34,40)(H,33,35,36). The summed E-state index contributed by atoms with van der Waals surface area (Å²) in [6, 6.07) is 13.5. The summed E-state index contributed by atoms with van der Waals surface area (Å²) in [5, 5.41) is 7.13. The molecule has 2 N–H and O–H groups in total. The molecule has 0 aliphatic heterocycles. The number of rotatable bonds is 11. The van der Waals surface area contributed by atoms with Gasteiger partial charge in [0.2, 0.25) is 11.9 Å². The second-order valence-electron chi connectivity index (χ2n) is 10.7. The summed E-state index contributed by atoms with van der Waals surface area (Å²) in [5.74, 6) is -0.372. The zero-order valence-electron chi connectivity index (χ0n) is 25.4. The highest BCUT2D eigenvalue weighted by Crippen LogP contribution is 2.36. The lowest BCUT2D eigenvalue weighted by Crippen LogP contribution is -2.29. The number of esters is 1. The van der Waals surface area contributed by atoms with Gasteiger partial charge in [-0.15, -0.1) is 0 Å². The maximum absolute atomic E-state index is 13.2. The molecule has 42 heavy (non-hydrogen) atoms. The van der Waals surface area contributed by atoms with Gasteiger partial charge in [0.05, 0.1) is 23.2 Å². The van der Waals surface area contributed by atoms with E-state index in [-0.39, 0.29) is 12.0 Å². The van der Waals surface area contributed by atoms with E-state index in [0.717, 1.165) is 40.9 Å². The van der Waals surface area contributed by atoms with Crippen LogP contribution in [0.1, 0.15) is 29.9 Å². The number of amides is 1. The van der Waals surface area contributed by atoms with Crippen LogP contribution in [0.25, 0.3) is 22.2 Å². The Morgan fingerprint density at radius 2 is 1.83 bits per heavy atom. The molecule has 0 unspecified atom stereocenters. The lowest BCUT2D eigenvalue weighted by Gasteiger charge is -2.25. The number of nitrogens with zero attached hydrogens (tertiary/aromatic N) is 5. The number of nitrogens with one attached hydrogen (secondary N) is 2. The number of fused-ring (bicyclic) bond motifs is 1. The first-order valence-electron chi connectivity index (χ1n) is 13.8. The predicted molar refractivity (Wildman–Crippen MR) is 170 cm³/mol. The van der Waals surface area contributed by atoms with Crippen molar-refractivity contribution in [2.24, 2.45) is 7.05 Å². The summed E-state index contributed by atoms with van der Waals surface area (Å²) in [5.41, 5.74) is 5.77. The van der Waals surface area contributed by atoms with Crippen LogP contribution in [0.15, 0.2) is 61.3 Å². The van der Waals surface area contributed by atoms with Crippen molar-refractivity contribution < 1.29 is 14.3 Å². The molecular formula is C32H39N7O3. The fourth-order valence-corrected chi connectivity index (χ4v) is 4.74. The van der Waals surface area contributed by atoms with Crippen molar-refractivity contribution in [3.63, 3.8) is 0 Å². The van der Waals surface area contributed by atoms with Gasteiger partial charge >= 0.3 is 5.97 Å². The van der Waals surface area contributed by atoms with Crippen LogP contribution in [0.5, 0.6) is 0 Å². The molecule has 0 atom stereocenters. The second kappa shape index (κ2) is 12.9. The van der Waals surface area contributed by atoms with Crippen molar-refractivity contribution in [1.82, 2.24) is 19.4 Å². The molecule has 1 amide bonds. The zero-order valence-corrected chi connectivity index (χ0v) is 25.4. The fourth-order valence-electron chi connectivity index (χ4n) is 4.74. The van der Waals surface area contributed by atoms with Gasteiger partial charge in [0.15, 0.2) is 0 Å². The molecule has 4 rings (SSSR count). The van der Waals surface area contributed by atoms with Crippen LogP contribution < -0.4 is 15.5 Å². The Balaban J connectivity index is 1.76. The molecule has 2 aromatic carbocycles. The van der Waals surface area contributed by atoms with E-state index in [1.807, 2.05) is 89.9 Å².